The van der Waals surface area contributed by atoms with Crippen LogP contribution < -0.4 is 5.73 Å². The number of rotatable bonds is 2. The Balaban J connectivity index is 3.29. The van der Waals surface area contributed by atoms with Crippen LogP contribution in [0.25, 0.3) is 0 Å². The zero-order valence-corrected chi connectivity index (χ0v) is 8.70. The first kappa shape index (κ1) is 11.1. The summed E-state index contributed by atoms with van der Waals surface area (Å²) in [7, 11) is 0. The van der Waals surface area contributed by atoms with Gasteiger partial charge in [-0.1, -0.05) is 6.07 Å². The van der Waals surface area contributed by atoms with Gasteiger partial charge in [0, 0.05) is 5.56 Å². The summed E-state index contributed by atoms with van der Waals surface area (Å²) in [4.78, 5) is 0. The van der Waals surface area contributed by atoms with Crippen molar-refractivity contribution in [3.63, 3.8) is 0 Å². The summed E-state index contributed by atoms with van der Waals surface area (Å²) in [6.07, 6.45) is 0. The molecule has 0 saturated heterocycles. The smallest absolute Gasteiger partial charge is 0.285 e. The molecule has 3 heteroatoms. The molecule has 1 nitrogen and oxygen atoms in total. The molecular weight excluding hydrogens is 184 g/mol. The van der Waals surface area contributed by atoms with Gasteiger partial charge in [-0.25, -0.2) is 0 Å². The van der Waals surface area contributed by atoms with Gasteiger partial charge in [0.2, 0.25) is 0 Å². The number of benzene rings is 1. The van der Waals surface area contributed by atoms with Crippen LogP contribution in [0.5, 0.6) is 0 Å². The van der Waals surface area contributed by atoms with Gasteiger partial charge < -0.3 is 5.73 Å². The topological polar surface area (TPSA) is 26.0 Å². The van der Waals surface area contributed by atoms with E-state index in [1.54, 1.807) is 13.0 Å². The fourth-order valence-corrected chi connectivity index (χ4v) is 1.46. The van der Waals surface area contributed by atoms with E-state index in [1.165, 1.54) is 6.07 Å². The van der Waals surface area contributed by atoms with Gasteiger partial charge in [-0.15, -0.1) is 0 Å². The second kappa shape index (κ2) is 3.65. The minimum absolute atomic E-state index is 0.0445. The molecule has 0 radical (unpaired) electrons. The van der Waals surface area contributed by atoms with Gasteiger partial charge in [-0.2, -0.15) is 8.78 Å². The average Bonchev–Trinajstić information content (AvgIpc) is 2.11. The molecule has 78 valence electrons. The summed E-state index contributed by atoms with van der Waals surface area (Å²) in [5, 5.41) is 0. The van der Waals surface area contributed by atoms with Crippen molar-refractivity contribution in [2.45, 2.75) is 26.7 Å². The lowest BCUT2D eigenvalue weighted by Gasteiger charge is -2.18. The SMILES string of the molecule is Cc1cc(C)c(C(F)(F)CN)cc1C. The van der Waals surface area contributed by atoms with Crippen molar-refractivity contribution in [3.05, 3.63) is 34.4 Å². The van der Waals surface area contributed by atoms with E-state index in [2.05, 4.69) is 0 Å². The predicted octanol–water partition coefficient (Wildman–Crippen LogP) is 2.66. The Morgan fingerprint density at radius 1 is 1.07 bits per heavy atom. The summed E-state index contributed by atoms with van der Waals surface area (Å²) in [5.74, 6) is -2.91. The molecule has 14 heavy (non-hydrogen) atoms. The number of hydrogen-bond donors (Lipinski definition) is 1. The Labute approximate surface area is 82.9 Å². The van der Waals surface area contributed by atoms with E-state index in [-0.39, 0.29) is 5.56 Å². The fraction of sp³-hybridized carbons (Fsp3) is 0.455. The van der Waals surface area contributed by atoms with Crippen LogP contribution in [0.15, 0.2) is 12.1 Å². The first-order valence-corrected chi connectivity index (χ1v) is 4.54. The summed E-state index contributed by atoms with van der Waals surface area (Å²) in [5.41, 5.74) is 7.59. The second-order valence-corrected chi connectivity index (χ2v) is 3.66. The highest BCUT2D eigenvalue weighted by Gasteiger charge is 2.31. The van der Waals surface area contributed by atoms with Crippen molar-refractivity contribution in [1.29, 1.82) is 0 Å². The molecule has 0 atom stereocenters. The normalized spacial score (nSPS) is 11.9. The Kier molecular flexibility index (Phi) is 2.90. The molecule has 0 aromatic heterocycles. The minimum atomic E-state index is -2.91. The van der Waals surface area contributed by atoms with Crippen LogP contribution in [-0.2, 0) is 5.92 Å². The van der Waals surface area contributed by atoms with E-state index in [0.717, 1.165) is 11.1 Å². The van der Waals surface area contributed by atoms with Crippen molar-refractivity contribution >= 4 is 0 Å². The molecule has 0 saturated carbocycles. The van der Waals surface area contributed by atoms with Crippen LogP contribution in [0.2, 0.25) is 0 Å². The quantitative estimate of drug-likeness (QED) is 0.778. The monoisotopic (exact) mass is 199 g/mol. The molecule has 2 N–H and O–H groups in total. The lowest BCUT2D eigenvalue weighted by Crippen LogP contribution is -2.26. The van der Waals surface area contributed by atoms with Crippen molar-refractivity contribution < 1.29 is 8.78 Å². The maximum atomic E-state index is 13.3. The van der Waals surface area contributed by atoms with Crippen molar-refractivity contribution in [1.82, 2.24) is 0 Å². The van der Waals surface area contributed by atoms with Gasteiger partial charge in [0.15, 0.2) is 0 Å². The Hall–Kier alpha value is -0.960. The highest BCUT2D eigenvalue weighted by atomic mass is 19.3. The fourth-order valence-electron chi connectivity index (χ4n) is 1.46. The van der Waals surface area contributed by atoms with Crippen molar-refractivity contribution in [3.8, 4) is 0 Å². The predicted molar refractivity (Wildman–Crippen MR) is 53.6 cm³/mol. The first-order valence-electron chi connectivity index (χ1n) is 4.54. The number of hydrogen-bond acceptors (Lipinski definition) is 1. The highest BCUT2D eigenvalue weighted by molar-refractivity contribution is 5.38. The molecule has 0 bridgehead atoms. The van der Waals surface area contributed by atoms with Crippen LogP contribution in [0, 0.1) is 20.8 Å². The largest absolute Gasteiger partial charge is 0.325 e. The third kappa shape index (κ3) is 1.93. The maximum Gasteiger partial charge on any atom is 0.285 e. The molecule has 1 aromatic rings. The van der Waals surface area contributed by atoms with Gasteiger partial charge in [-0.3, -0.25) is 0 Å². The summed E-state index contributed by atoms with van der Waals surface area (Å²) in [6, 6.07) is 3.30. The maximum absolute atomic E-state index is 13.3. The van der Waals surface area contributed by atoms with Crippen LogP contribution >= 0.6 is 0 Å². The summed E-state index contributed by atoms with van der Waals surface area (Å²) in [6.45, 7) is 4.78. The molecule has 0 spiro atoms. The number of alkyl halides is 2. The van der Waals surface area contributed by atoms with E-state index >= 15 is 0 Å². The molecule has 0 aliphatic carbocycles. The molecule has 0 aliphatic heterocycles. The number of aryl methyl sites for hydroxylation is 3. The van der Waals surface area contributed by atoms with Crippen molar-refractivity contribution in [2.24, 2.45) is 5.73 Å². The third-order valence-corrected chi connectivity index (χ3v) is 2.49. The highest BCUT2D eigenvalue weighted by Crippen LogP contribution is 2.30. The molecule has 0 heterocycles. The van der Waals surface area contributed by atoms with E-state index in [1.807, 2.05) is 13.8 Å². The van der Waals surface area contributed by atoms with Gasteiger partial charge in [0.1, 0.15) is 0 Å². The van der Waals surface area contributed by atoms with E-state index < -0.39 is 12.5 Å². The Bertz CT molecular complexity index is 345. The van der Waals surface area contributed by atoms with Gasteiger partial charge in [0.25, 0.3) is 5.92 Å². The van der Waals surface area contributed by atoms with Crippen molar-refractivity contribution in [2.75, 3.05) is 6.54 Å². The summed E-state index contributed by atoms with van der Waals surface area (Å²) < 4.78 is 26.7. The molecule has 1 aromatic carbocycles. The van der Waals surface area contributed by atoms with Gasteiger partial charge >= 0.3 is 0 Å². The van der Waals surface area contributed by atoms with Gasteiger partial charge in [-0.05, 0) is 43.5 Å². The van der Waals surface area contributed by atoms with Crippen LogP contribution in [0.1, 0.15) is 22.3 Å². The van der Waals surface area contributed by atoms with E-state index in [4.69, 9.17) is 5.73 Å². The molecule has 0 unspecified atom stereocenters. The number of halogens is 2. The van der Waals surface area contributed by atoms with Crippen LogP contribution in [0.3, 0.4) is 0 Å². The second-order valence-electron chi connectivity index (χ2n) is 3.66. The van der Waals surface area contributed by atoms with Gasteiger partial charge in [0.05, 0.1) is 6.54 Å². The standard InChI is InChI=1S/C11H15F2N/c1-7-4-9(3)10(5-8(7)2)11(12,13)6-14/h4-5H,6,14H2,1-3H3. The molecule has 0 amide bonds. The minimum Gasteiger partial charge on any atom is -0.325 e. The summed E-state index contributed by atoms with van der Waals surface area (Å²) >= 11 is 0. The zero-order chi connectivity index (χ0) is 10.9. The van der Waals surface area contributed by atoms with Crippen LogP contribution in [0.4, 0.5) is 8.78 Å². The van der Waals surface area contributed by atoms with Crippen LogP contribution in [-0.4, -0.2) is 6.54 Å². The Morgan fingerprint density at radius 3 is 2.07 bits per heavy atom. The first-order chi connectivity index (χ1) is 6.38. The van der Waals surface area contributed by atoms with E-state index in [9.17, 15) is 8.78 Å². The lowest BCUT2D eigenvalue weighted by atomic mass is 9.97. The molecule has 1 rings (SSSR count). The molecular formula is C11H15F2N. The zero-order valence-electron chi connectivity index (χ0n) is 8.70. The average molecular weight is 199 g/mol. The Morgan fingerprint density at radius 2 is 1.57 bits per heavy atom. The molecule has 0 aliphatic rings. The third-order valence-electron chi connectivity index (χ3n) is 2.49. The number of nitrogens with two attached hydrogens (primary N) is 1. The lowest BCUT2D eigenvalue weighted by molar-refractivity contribution is 0.00526. The molecule has 0 fully saturated rings. The van der Waals surface area contributed by atoms with E-state index in [0.29, 0.717) is 5.56 Å².